The summed E-state index contributed by atoms with van der Waals surface area (Å²) in [6.45, 7) is 10.4. The molecule has 0 saturated carbocycles. The summed E-state index contributed by atoms with van der Waals surface area (Å²) in [6, 6.07) is 14.4. The van der Waals surface area contributed by atoms with Crippen LogP contribution in [0.4, 0.5) is 36.3 Å². The molecular weight excluding hydrogens is 773 g/mol. The fraction of sp³-hybridized carbons (Fsp3) is 0.477. The van der Waals surface area contributed by atoms with Gasteiger partial charge < -0.3 is 34.6 Å². The number of ether oxygens (including phenoxy) is 1. The van der Waals surface area contributed by atoms with Crippen molar-refractivity contribution < 1.29 is 32.7 Å². The van der Waals surface area contributed by atoms with Crippen LogP contribution in [0.3, 0.4) is 0 Å². The van der Waals surface area contributed by atoms with E-state index in [2.05, 4.69) is 31.4 Å². The van der Waals surface area contributed by atoms with E-state index in [1.54, 1.807) is 29.2 Å². The van der Waals surface area contributed by atoms with Crippen molar-refractivity contribution in [3.05, 3.63) is 76.9 Å². The van der Waals surface area contributed by atoms with Gasteiger partial charge in [0.2, 0.25) is 11.8 Å². The number of nitriles is 1. The topological polar surface area (TPSA) is 145 Å². The van der Waals surface area contributed by atoms with Gasteiger partial charge in [-0.3, -0.25) is 24.6 Å². The summed E-state index contributed by atoms with van der Waals surface area (Å²) in [5.74, 6) is -1.12. The predicted molar refractivity (Wildman–Crippen MR) is 222 cm³/mol. The van der Waals surface area contributed by atoms with E-state index in [-0.39, 0.29) is 60.7 Å². The second kappa shape index (κ2) is 17.0. The van der Waals surface area contributed by atoms with E-state index in [9.17, 15) is 24.4 Å². The van der Waals surface area contributed by atoms with Crippen molar-refractivity contribution in [3.63, 3.8) is 0 Å². The zero-order valence-corrected chi connectivity index (χ0v) is 34.3. The minimum absolute atomic E-state index is 0.00623. The number of carbonyl (C=O) groups excluding carboxylic acids is 4. The van der Waals surface area contributed by atoms with Crippen LogP contribution in [0.1, 0.15) is 61.0 Å². The van der Waals surface area contributed by atoms with Crippen LogP contribution in [0.15, 0.2) is 48.5 Å². The first-order valence-electron chi connectivity index (χ1n) is 20.8. The second-order valence-electron chi connectivity index (χ2n) is 16.7. The van der Waals surface area contributed by atoms with Crippen molar-refractivity contribution in [1.82, 2.24) is 20.0 Å². The van der Waals surface area contributed by atoms with Gasteiger partial charge in [0, 0.05) is 107 Å². The molecule has 0 unspecified atom stereocenters. The third-order valence-electron chi connectivity index (χ3n) is 12.9. The molecule has 5 aliphatic rings. The summed E-state index contributed by atoms with van der Waals surface area (Å²) in [4.78, 5) is 62.5. The maximum Gasteiger partial charge on any atom is 0.322 e. The van der Waals surface area contributed by atoms with Crippen molar-refractivity contribution >= 4 is 46.5 Å². The lowest BCUT2D eigenvalue weighted by Crippen LogP contribution is -2.59. The number of urea groups is 1. The average Bonchev–Trinajstić information content (AvgIpc) is 3.55. The number of methoxy groups -OCH3 is 1. The summed E-state index contributed by atoms with van der Waals surface area (Å²) in [5, 5.41) is 14.6. The lowest BCUT2D eigenvalue weighted by atomic mass is 9.95. The molecule has 2 N–H and O–H groups in total. The minimum atomic E-state index is -0.745. The minimum Gasteiger partial charge on any atom is -0.495 e. The molecular formula is C44H51F2N9O5. The van der Waals surface area contributed by atoms with Crippen molar-refractivity contribution in [2.45, 2.75) is 64.2 Å². The Morgan fingerprint density at radius 2 is 1.60 bits per heavy atom. The van der Waals surface area contributed by atoms with E-state index in [1.807, 2.05) is 30.9 Å². The Morgan fingerprint density at radius 1 is 0.867 bits per heavy atom. The summed E-state index contributed by atoms with van der Waals surface area (Å²) in [5.41, 5.74) is 3.71. The number of rotatable bonds is 8. The Morgan fingerprint density at radius 3 is 2.30 bits per heavy atom. The van der Waals surface area contributed by atoms with Crippen molar-refractivity contribution in [2.24, 2.45) is 5.92 Å². The molecule has 3 aromatic rings. The van der Waals surface area contributed by atoms with Crippen LogP contribution in [-0.4, -0.2) is 123 Å². The standard InChI is InChI=1S/C44H51F2N9O5/c1-27-24-54(28(2)23-53(27)33-6-4-30(22-47)40(20-33)60-3)44(59)48-32-5-7-37(35(45)19-32)51-12-10-29(11-13-51)25-50-14-16-52(17-15-50)39-18-31-26-55(43(58)34(31)21-36(39)46)38-8-9-41(56)49-42(38)57/h4-7,18-21,27-29,38H,8-17,23-26H2,1-3H3,(H,48,59)(H,49,56,57)/t27-,28+,38-/m0/s1. The maximum atomic E-state index is 15.6. The monoisotopic (exact) mass is 823 g/mol. The molecule has 16 heteroatoms. The van der Waals surface area contributed by atoms with Gasteiger partial charge in [-0.15, -0.1) is 0 Å². The Balaban J connectivity index is 0.794. The normalized spacial score (nSPS) is 22.8. The highest BCUT2D eigenvalue weighted by Crippen LogP contribution is 2.35. The lowest BCUT2D eigenvalue weighted by Gasteiger charge is -2.45. The number of nitrogens with zero attached hydrogens (tertiary/aromatic N) is 7. The molecule has 4 saturated heterocycles. The zero-order chi connectivity index (χ0) is 42.2. The Bertz CT molecular complexity index is 2220. The van der Waals surface area contributed by atoms with Crippen LogP contribution in [0.25, 0.3) is 0 Å². The second-order valence-corrected chi connectivity index (χ2v) is 16.7. The highest BCUT2D eigenvalue weighted by molar-refractivity contribution is 6.05. The summed E-state index contributed by atoms with van der Waals surface area (Å²) in [6.07, 6.45) is 2.24. The molecule has 14 nitrogen and oxygen atoms in total. The number of amides is 5. The molecule has 3 atom stereocenters. The van der Waals surface area contributed by atoms with Gasteiger partial charge >= 0.3 is 6.03 Å². The molecule has 60 heavy (non-hydrogen) atoms. The molecule has 5 heterocycles. The predicted octanol–water partition coefficient (Wildman–Crippen LogP) is 4.78. The number of fused-ring (bicyclic) bond motifs is 1. The molecule has 0 bridgehead atoms. The molecule has 0 aliphatic carbocycles. The van der Waals surface area contributed by atoms with Gasteiger partial charge in [-0.2, -0.15) is 5.26 Å². The fourth-order valence-corrected chi connectivity index (χ4v) is 9.47. The number of nitrogens with one attached hydrogen (secondary N) is 2. The van der Waals surface area contributed by atoms with Gasteiger partial charge in [0.25, 0.3) is 5.91 Å². The largest absolute Gasteiger partial charge is 0.495 e. The van der Waals surface area contributed by atoms with E-state index in [0.29, 0.717) is 79.1 Å². The van der Waals surface area contributed by atoms with Crippen LogP contribution in [0.2, 0.25) is 0 Å². The van der Waals surface area contributed by atoms with Crippen LogP contribution in [0, 0.1) is 28.9 Å². The zero-order valence-electron chi connectivity index (χ0n) is 34.3. The van der Waals surface area contributed by atoms with Gasteiger partial charge in [-0.1, -0.05) is 0 Å². The first kappa shape index (κ1) is 40.8. The van der Waals surface area contributed by atoms with Crippen LogP contribution in [0.5, 0.6) is 5.75 Å². The van der Waals surface area contributed by atoms with E-state index >= 15 is 8.78 Å². The lowest BCUT2D eigenvalue weighted by molar-refractivity contribution is -0.136. The molecule has 5 amide bonds. The summed E-state index contributed by atoms with van der Waals surface area (Å²) >= 11 is 0. The van der Waals surface area contributed by atoms with Crippen LogP contribution >= 0.6 is 0 Å². The first-order valence-corrected chi connectivity index (χ1v) is 20.8. The van der Waals surface area contributed by atoms with Crippen molar-refractivity contribution in [3.8, 4) is 11.8 Å². The number of imide groups is 1. The maximum absolute atomic E-state index is 15.6. The van der Waals surface area contributed by atoms with Gasteiger partial charge in [0.1, 0.15) is 29.5 Å². The molecule has 0 spiro atoms. The summed E-state index contributed by atoms with van der Waals surface area (Å²) in [7, 11) is 1.54. The van der Waals surface area contributed by atoms with Gasteiger partial charge in [0.05, 0.1) is 24.0 Å². The summed E-state index contributed by atoms with van der Waals surface area (Å²) < 4.78 is 36.4. The Hall–Kier alpha value is -5.95. The number of anilines is 4. The van der Waals surface area contributed by atoms with E-state index in [1.165, 1.54) is 24.1 Å². The molecule has 4 fully saturated rings. The SMILES string of the molecule is COc1cc(N2C[C@@H](C)N(C(=O)Nc3ccc(N4CCC(CN5CCN(c6cc7c(cc6F)C(=O)N([C@H]6CCC(=O)NC6=O)C7)CC5)CC4)c(F)c3)C[C@@H]2C)ccc1C#N. The van der Waals surface area contributed by atoms with Gasteiger partial charge in [-0.05, 0) is 87.1 Å². The van der Waals surface area contributed by atoms with Crippen LogP contribution < -0.4 is 30.1 Å². The first-order chi connectivity index (χ1) is 28.9. The average molecular weight is 824 g/mol. The highest BCUT2D eigenvalue weighted by Gasteiger charge is 2.40. The molecule has 8 rings (SSSR count). The number of hydrogen-bond donors (Lipinski definition) is 2. The third-order valence-corrected chi connectivity index (χ3v) is 12.9. The quantitative estimate of drug-likeness (QED) is 0.305. The fourth-order valence-electron chi connectivity index (χ4n) is 9.47. The van der Waals surface area contributed by atoms with E-state index in [0.717, 1.165) is 38.2 Å². The third kappa shape index (κ3) is 8.15. The number of carbonyl (C=O) groups is 4. The highest BCUT2D eigenvalue weighted by atomic mass is 19.1. The molecule has 0 radical (unpaired) electrons. The Labute approximate surface area is 348 Å². The van der Waals surface area contributed by atoms with Crippen molar-refractivity contribution in [2.75, 3.05) is 86.0 Å². The number of piperidine rings is 2. The molecule has 5 aliphatic heterocycles. The van der Waals surface area contributed by atoms with E-state index in [4.69, 9.17) is 4.74 Å². The molecule has 3 aromatic carbocycles. The van der Waals surface area contributed by atoms with Gasteiger partial charge in [-0.25, -0.2) is 13.6 Å². The molecule has 0 aromatic heterocycles. The van der Waals surface area contributed by atoms with Gasteiger partial charge in [0.15, 0.2) is 0 Å². The molecule has 316 valence electrons. The number of halogens is 2. The van der Waals surface area contributed by atoms with Crippen molar-refractivity contribution in [1.29, 1.82) is 5.26 Å². The van der Waals surface area contributed by atoms with Crippen LogP contribution in [-0.2, 0) is 16.1 Å². The smallest absolute Gasteiger partial charge is 0.322 e. The number of piperazine rings is 2. The van der Waals surface area contributed by atoms with E-state index < -0.39 is 17.8 Å². The number of benzene rings is 3. The Kier molecular flexibility index (Phi) is 11.5. The number of hydrogen-bond acceptors (Lipinski definition) is 10.